The van der Waals surface area contributed by atoms with Crippen LogP contribution in [0.5, 0.6) is 0 Å². The molecule has 0 saturated heterocycles. The standard InChI is InChI=1S/C24H23N3O/c28-24(20-12-6-2-7-13-20)23-21(17-25-16-19-10-4-1-5-11-19)18-27(26-23)22-14-8-3-9-15-22/h1-15,18,24-25,28H,16-17H2. The van der Waals surface area contributed by atoms with Crippen LogP contribution in [0, 0.1) is 0 Å². The first-order valence-electron chi connectivity index (χ1n) is 9.43. The summed E-state index contributed by atoms with van der Waals surface area (Å²) in [4.78, 5) is 0. The van der Waals surface area contributed by atoms with Crippen LogP contribution in [0.2, 0.25) is 0 Å². The lowest BCUT2D eigenvalue weighted by Gasteiger charge is -2.11. The number of para-hydroxylation sites is 1. The maximum atomic E-state index is 10.9. The van der Waals surface area contributed by atoms with E-state index in [-0.39, 0.29) is 0 Å². The molecular weight excluding hydrogens is 346 g/mol. The summed E-state index contributed by atoms with van der Waals surface area (Å²) in [5, 5.41) is 19.1. The SMILES string of the molecule is OC(c1ccccc1)c1nn(-c2ccccc2)cc1CNCc1ccccc1. The number of nitrogens with one attached hydrogen (secondary N) is 1. The number of hydrogen-bond donors (Lipinski definition) is 2. The number of nitrogens with zero attached hydrogens (tertiary/aromatic N) is 2. The van der Waals surface area contributed by atoms with Gasteiger partial charge in [0.15, 0.2) is 0 Å². The highest BCUT2D eigenvalue weighted by molar-refractivity contribution is 5.36. The minimum Gasteiger partial charge on any atom is -0.382 e. The molecule has 0 bridgehead atoms. The molecule has 2 N–H and O–H groups in total. The van der Waals surface area contributed by atoms with E-state index in [9.17, 15) is 5.11 Å². The zero-order valence-corrected chi connectivity index (χ0v) is 15.6. The summed E-state index contributed by atoms with van der Waals surface area (Å²) < 4.78 is 1.83. The van der Waals surface area contributed by atoms with Crippen LogP contribution in [0.3, 0.4) is 0 Å². The van der Waals surface area contributed by atoms with Crippen molar-refractivity contribution in [3.63, 3.8) is 0 Å². The van der Waals surface area contributed by atoms with Crippen LogP contribution in [0.25, 0.3) is 5.69 Å². The molecule has 140 valence electrons. The second-order valence-electron chi connectivity index (χ2n) is 6.72. The minimum absolute atomic E-state index is 0.626. The van der Waals surface area contributed by atoms with E-state index in [1.165, 1.54) is 5.56 Å². The van der Waals surface area contributed by atoms with E-state index >= 15 is 0 Å². The maximum Gasteiger partial charge on any atom is 0.123 e. The maximum absolute atomic E-state index is 10.9. The molecule has 1 heterocycles. The van der Waals surface area contributed by atoms with Crippen molar-refractivity contribution in [3.8, 4) is 5.69 Å². The first kappa shape index (κ1) is 18.2. The third kappa shape index (κ3) is 4.19. The van der Waals surface area contributed by atoms with Crippen LogP contribution in [-0.2, 0) is 13.1 Å². The summed E-state index contributed by atoms with van der Waals surface area (Å²) in [7, 11) is 0. The normalized spacial score (nSPS) is 12.0. The predicted octanol–water partition coefficient (Wildman–Crippen LogP) is 4.24. The molecule has 0 aliphatic rings. The van der Waals surface area contributed by atoms with E-state index < -0.39 is 6.10 Å². The minimum atomic E-state index is -0.764. The summed E-state index contributed by atoms with van der Waals surface area (Å²) in [6.07, 6.45) is 1.23. The summed E-state index contributed by atoms with van der Waals surface area (Å²) in [6.45, 7) is 1.39. The zero-order chi connectivity index (χ0) is 19.2. The van der Waals surface area contributed by atoms with Gasteiger partial charge in [-0.2, -0.15) is 5.10 Å². The van der Waals surface area contributed by atoms with Crippen molar-refractivity contribution in [2.24, 2.45) is 0 Å². The molecule has 4 nitrogen and oxygen atoms in total. The van der Waals surface area contributed by atoms with Crippen LogP contribution in [0.15, 0.2) is 97.2 Å². The average molecular weight is 369 g/mol. The number of rotatable bonds is 7. The Morgan fingerprint density at radius 2 is 1.39 bits per heavy atom. The molecule has 0 radical (unpaired) electrons. The third-order valence-corrected chi connectivity index (χ3v) is 4.71. The zero-order valence-electron chi connectivity index (χ0n) is 15.6. The van der Waals surface area contributed by atoms with Gasteiger partial charge < -0.3 is 10.4 Å². The largest absolute Gasteiger partial charge is 0.382 e. The fraction of sp³-hybridized carbons (Fsp3) is 0.125. The van der Waals surface area contributed by atoms with Crippen molar-refractivity contribution >= 4 is 0 Å². The van der Waals surface area contributed by atoms with E-state index in [1.54, 1.807) is 0 Å². The van der Waals surface area contributed by atoms with Gasteiger partial charge >= 0.3 is 0 Å². The smallest absolute Gasteiger partial charge is 0.123 e. The molecule has 0 saturated carbocycles. The Kier molecular flexibility index (Phi) is 5.61. The molecule has 0 aliphatic heterocycles. The molecule has 1 aromatic heterocycles. The van der Waals surface area contributed by atoms with Crippen molar-refractivity contribution in [3.05, 3.63) is 120 Å². The van der Waals surface area contributed by atoms with Gasteiger partial charge in [0.05, 0.1) is 5.69 Å². The van der Waals surface area contributed by atoms with Crippen molar-refractivity contribution in [1.29, 1.82) is 0 Å². The highest BCUT2D eigenvalue weighted by atomic mass is 16.3. The van der Waals surface area contributed by atoms with Gasteiger partial charge in [-0.25, -0.2) is 4.68 Å². The molecule has 28 heavy (non-hydrogen) atoms. The Hall–Kier alpha value is -3.21. The number of aliphatic hydroxyl groups is 1. The van der Waals surface area contributed by atoms with Gasteiger partial charge in [-0.05, 0) is 23.3 Å². The third-order valence-electron chi connectivity index (χ3n) is 4.71. The van der Waals surface area contributed by atoms with Gasteiger partial charge in [-0.3, -0.25) is 0 Å². The molecule has 0 amide bonds. The number of aliphatic hydroxyl groups excluding tert-OH is 1. The molecule has 1 unspecified atom stereocenters. The van der Waals surface area contributed by atoms with Crippen LogP contribution in [0.1, 0.15) is 28.5 Å². The summed E-state index contributed by atoms with van der Waals surface area (Å²) in [6, 6.07) is 29.9. The fourth-order valence-corrected chi connectivity index (χ4v) is 3.23. The van der Waals surface area contributed by atoms with Crippen LogP contribution in [0.4, 0.5) is 0 Å². The van der Waals surface area contributed by atoms with Crippen molar-refractivity contribution in [1.82, 2.24) is 15.1 Å². The fourth-order valence-electron chi connectivity index (χ4n) is 3.23. The van der Waals surface area contributed by atoms with E-state index in [0.29, 0.717) is 12.2 Å². The Bertz CT molecular complexity index is 998. The Morgan fingerprint density at radius 1 is 0.786 bits per heavy atom. The average Bonchev–Trinajstić information content (AvgIpc) is 3.19. The van der Waals surface area contributed by atoms with E-state index in [1.807, 2.05) is 89.7 Å². The van der Waals surface area contributed by atoms with Crippen molar-refractivity contribution < 1.29 is 5.11 Å². The van der Waals surface area contributed by atoms with Gasteiger partial charge in [0.2, 0.25) is 0 Å². The topological polar surface area (TPSA) is 50.1 Å². The second kappa shape index (κ2) is 8.65. The Morgan fingerprint density at radius 3 is 2.07 bits per heavy atom. The molecular formula is C24H23N3O. The Balaban J connectivity index is 1.60. The summed E-state index contributed by atoms with van der Waals surface area (Å²) in [5.41, 5.74) is 4.69. The van der Waals surface area contributed by atoms with Crippen LogP contribution >= 0.6 is 0 Å². The lowest BCUT2D eigenvalue weighted by molar-refractivity contribution is 0.213. The summed E-state index contributed by atoms with van der Waals surface area (Å²) in [5.74, 6) is 0. The van der Waals surface area contributed by atoms with Gasteiger partial charge in [-0.1, -0.05) is 78.9 Å². The lowest BCUT2D eigenvalue weighted by atomic mass is 10.0. The Labute approximate surface area is 165 Å². The number of benzene rings is 3. The van der Waals surface area contributed by atoms with Crippen molar-refractivity contribution in [2.75, 3.05) is 0 Å². The quantitative estimate of drug-likeness (QED) is 0.512. The van der Waals surface area contributed by atoms with Gasteiger partial charge in [-0.15, -0.1) is 0 Å². The first-order valence-corrected chi connectivity index (χ1v) is 9.43. The molecule has 0 spiro atoms. The molecule has 0 aliphatic carbocycles. The van der Waals surface area contributed by atoms with Gasteiger partial charge in [0.25, 0.3) is 0 Å². The van der Waals surface area contributed by atoms with Crippen LogP contribution < -0.4 is 5.32 Å². The molecule has 4 heteroatoms. The first-order chi connectivity index (χ1) is 13.8. The molecule has 1 atom stereocenters. The van der Waals surface area contributed by atoms with E-state index in [4.69, 9.17) is 5.10 Å². The predicted molar refractivity (Wildman–Crippen MR) is 111 cm³/mol. The van der Waals surface area contributed by atoms with E-state index in [0.717, 1.165) is 23.4 Å². The molecule has 4 aromatic rings. The van der Waals surface area contributed by atoms with E-state index in [2.05, 4.69) is 17.4 Å². The van der Waals surface area contributed by atoms with Crippen molar-refractivity contribution in [2.45, 2.75) is 19.2 Å². The monoisotopic (exact) mass is 369 g/mol. The van der Waals surface area contributed by atoms with Crippen LogP contribution in [-0.4, -0.2) is 14.9 Å². The lowest BCUT2D eigenvalue weighted by Crippen LogP contribution is -2.14. The highest BCUT2D eigenvalue weighted by Crippen LogP contribution is 2.25. The molecule has 4 rings (SSSR count). The highest BCUT2D eigenvalue weighted by Gasteiger charge is 2.19. The molecule has 0 fully saturated rings. The number of hydrogen-bond acceptors (Lipinski definition) is 3. The van der Waals surface area contributed by atoms with Gasteiger partial charge in [0, 0.05) is 24.8 Å². The number of aromatic nitrogens is 2. The second-order valence-corrected chi connectivity index (χ2v) is 6.72. The summed E-state index contributed by atoms with van der Waals surface area (Å²) >= 11 is 0. The van der Waals surface area contributed by atoms with Gasteiger partial charge in [0.1, 0.15) is 11.8 Å². The molecule has 3 aromatic carbocycles.